The lowest BCUT2D eigenvalue weighted by molar-refractivity contribution is 0.149. The number of aryl methyl sites for hydroxylation is 1. The van der Waals surface area contributed by atoms with Crippen LogP contribution in [0.4, 0.5) is 28.4 Å². The molecule has 5 nitrogen and oxygen atoms in total. The molecular formula is C40H38ClN3O2. The second-order valence-electron chi connectivity index (χ2n) is 10.7. The summed E-state index contributed by atoms with van der Waals surface area (Å²) in [6, 6.07) is 41.1. The summed E-state index contributed by atoms with van der Waals surface area (Å²) in [4.78, 5) is 2.18. The normalized spacial score (nSPS) is 11.0. The van der Waals surface area contributed by atoms with Crippen LogP contribution in [0.25, 0.3) is 0 Å². The number of rotatable bonds is 15. The molecule has 0 saturated carbocycles. The summed E-state index contributed by atoms with van der Waals surface area (Å²) in [5.41, 5.74) is 9.00. The number of benzene rings is 5. The Morgan fingerprint density at radius 2 is 1.13 bits per heavy atom. The van der Waals surface area contributed by atoms with Gasteiger partial charge in [0.2, 0.25) is 0 Å². The number of hydrazone groups is 1. The van der Waals surface area contributed by atoms with Gasteiger partial charge in [0.1, 0.15) is 0 Å². The molecule has 0 aromatic heterocycles. The van der Waals surface area contributed by atoms with Crippen molar-refractivity contribution >= 4 is 46.3 Å². The Bertz CT molecular complexity index is 1680. The van der Waals surface area contributed by atoms with Crippen LogP contribution >= 0.6 is 11.6 Å². The van der Waals surface area contributed by atoms with Crippen LogP contribution in [0, 0.1) is 6.92 Å². The molecule has 5 aromatic carbocycles. The minimum absolute atomic E-state index is 0.513. The molecule has 232 valence electrons. The lowest BCUT2D eigenvalue weighted by Crippen LogP contribution is -2.11. The highest BCUT2D eigenvalue weighted by Crippen LogP contribution is 2.37. The van der Waals surface area contributed by atoms with Crippen LogP contribution in [0.15, 0.2) is 152 Å². The van der Waals surface area contributed by atoms with Gasteiger partial charge in [0.05, 0.1) is 49.0 Å². The fourth-order valence-corrected chi connectivity index (χ4v) is 5.09. The van der Waals surface area contributed by atoms with Crippen LogP contribution in [-0.2, 0) is 22.7 Å². The summed E-state index contributed by atoms with van der Waals surface area (Å²) < 4.78 is 11.3. The zero-order chi connectivity index (χ0) is 32.1. The fourth-order valence-electron chi connectivity index (χ4n) is 4.87. The Morgan fingerprint density at radius 1 is 0.630 bits per heavy atom. The van der Waals surface area contributed by atoms with E-state index in [0.717, 1.165) is 45.1 Å². The van der Waals surface area contributed by atoms with Gasteiger partial charge in [0.15, 0.2) is 0 Å². The fraction of sp³-hybridized carbons (Fsp3) is 0.125. The van der Waals surface area contributed by atoms with Gasteiger partial charge >= 0.3 is 0 Å². The molecule has 6 heteroatoms. The van der Waals surface area contributed by atoms with E-state index in [0.29, 0.717) is 31.5 Å². The molecule has 0 fully saturated rings. The first-order valence-corrected chi connectivity index (χ1v) is 15.5. The number of para-hydroxylation sites is 1. The molecule has 0 radical (unpaired) electrons. The highest BCUT2D eigenvalue weighted by atomic mass is 35.5. The van der Waals surface area contributed by atoms with Crippen molar-refractivity contribution in [3.63, 3.8) is 0 Å². The average Bonchev–Trinajstić information content (AvgIpc) is 3.09. The summed E-state index contributed by atoms with van der Waals surface area (Å²) in [5.74, 6) is 0. The molecule has 0 aliphatic rings. The maximum Gasteiger partial charge on any atom is 0.0721 e. The molecule has 0 heterocycles. The minimum atomic E-state index is 0.513. The lowest BCUT2D eigenvalue weighted by Gasteiger charge is -2.26. The molecule has 0 bridgehead atoms. The minimum Gasteiger partial charge on any atom is -0.373 e. The molecule has 46 heavy (non-hydrogen) atoms. The molecule has 0 N–H and O–H groups in total. The lowest BCUT2D eigenvalue weighted by atomic mass is 10.1. The number of halogens is 1. The van der Waals surface area contributed by atoms with Crippen LogP contribution in [0.2, 0.25) is 5.02 Å². The Balaban J connectivity index is 1.45. The molecule has 5 aromatic rings. The predicted molar refractivity (Wildman–Crippen MR) is 193 cm³/mol. The monoisotopic (exact) mass is 627 g/mol. The maximum atomic E-state index is 6.95. The zero-order valence-electron chi connectivity index (χ0n) is 26.1. The Morgan fingerprint density at radius 3 is 1.65 bits per heavy atom. The summed E-state index contributed by atoms with van der Waals surface area (Å²) in [7, 11) is 0. The van der Waals surface area contributed by atoms with E-state index in [9.17, 15) is 0 Å². The van der Waals surface area contributed by atoms with Crippen LogP contribution < -0.4 is 9.91 Å². The van der Waals surface area contributed by atoms with E-state index in [4.69, 9.17) is 26.2 Å². The Hall–Kier alpha value is -4.94. The van der Waals surface area contributed by atoms with Crippen LogP contribution in [0.5, 0.6) is 0 Å². The van der Waals surface area contributed by atoms with Gasteiger partial charge in [-0.3, -0.25) is 0 Å². The van der Waals surface area contributed by atoms with E-state index in [1.54, 1.807) is 18.4 Å². The predicted octanol–water partition coefficient (Wildman–Crippen LogP) is 10.7. The van der Waals surface area contributed by atoms with E-state index in [-0.39, 0.29) is 0 Å². The van der Waals surface area contributed by atoms with Crippen LogP contribution in [0.3, 0.4) is 0 Å². The third-order valence-corrected chi connectivity index (χ3v) is 7.56. The van der Waals surface area contributed by atoms with Crippen LogP contribution in [-0.4, -0.2) is 19.4 Å². The van der Waals surface area contributed by atoms with Crippen molar-refractivity contribution in [3.8, 4) is 0 Å². The van der Waals surface area contributed by atoms with Crippen molar-refractivity contribution in [1.82, 2.24) is 0 Å². The molecule has 0 aliphatic carbocycles. The zero-order valence-corrected chi connectivity index (χ0v) is 26.8. The highest BCUT2D eigenvalue weighted by Gasteiger charge is 2.15. The first kappa shape index (κ1) is 32.5. The van der Waals surface area contributed by atoms with Gasteiger partial charge in [0.25, 0.3) is 0 Å². The summed E-state index contributed by atoms with van der Waals surface area (Å²) in [5, 5.41) is 7.37. The highest BCUT2D eigenvalue weighted by molar-refractivity contribution is 6.33. The van der Waals surface area contributed by atoms with E-state index in [1.807, 2.05) is 47.5 Å². The van der Waals surface area contributed by atoms with Crippen molar-refractivity contribution in [3.05, 3.63) is 174 Å². The van der Waals surface area contributed by atoms with Crippen molar-refractivity contribution in [2.24, 2.45) is 5.10 Å². The molecule has 0 aliphatic heterocycles. The molecule has 0 saturated heterocycles. The van der Waals surface area contributed by atoms with Crippen molar-refractivity contribution in [2.45, 2.75) is 20.1 Å². The molecule has 0 atom stereocenters. The largest absolute Gasteiger partial charge is 0.373 e. The number of anilines is 5. The molecule has 0 amide bonds. The number of hydrogen-bond acceptors (Lipinski definition) is 5. The van der Waals surface area contributed by atoms with Gasteiger partial charge in [0, 0.05) is 22.6 Å². The summed E-state index contributed by atoms with van der Waals surface area (Å²) in [6.45, 7) is 11.6. The molecule has 0 unspecified atom stereocenters. The van der Waals surface area contributed by atoms with E-state index >= 15 is 0 Å². The van der Waals surface area contributed by atoms with Crippen LogP contribution in [0.1, 0.15) is 22.3 Å². The SMILES string of the molecule is C=CCOCc1ccc(N(c2ccc(COCC=C)cc2)c2ccc(C=NN(c3ccccc3)c3ccc(C)cc3)c(Cl)c2)cc1. The van der Waals surface area contributed by atoms with Gasteiger partial charge in [-0.05, 0) is 84.8 Å². The summed E-state index contributed by atoms with van der Waals surface area (Å²) in [6.07, 6.45) is 5.31. The second-order valence-corrected chi connectivity index (χ2v) is 11.1. The third kappa shape index (κ3) is 8.61. The third-order valence-electron chi connectivity index (χ3n) is 7.23. The molecule has 5 rings (SSSR count). The smallest absolute Gasteiger partial charge is 0.0721 e. The number of ether oxygens (including phenoxy) is 2. The van der Waals surface area contributed by atoms with Gasteiger partial charge in [-0.15, -0.1) is 13.2 Å². The topological polar surface area (TPSA) is 37.3 Å². The standard InChI is InChI=1S/C40H38ClN3O2/c1-4-25-45-29-32-13-20-35(21-14-32)43(36-22-15-33(16-23-36)30-46-26-5-2)39-24-17-34(40(41)27-39)28-42-44(37-9-7-6-8-10-37)38-18-11-31(3)12-19-38/h4-24,27-28H,1-2,25-26,29-30H2,3H3. The maximum absolute atomic E-state index is 6.95. The van der Waals surface area contributed by atoms with Gasteiger partial charge in [-0.2, -0.15) is 5.10 Å². The van der Waals surface area contributed by atoms with Gasteiger partial charge < -0.3 is 14.4 Å². The average molecular weight is 628 g/mol. The number of nitrogens with zero attached hydrogens (tertiary/aromatic N) is 3. The van der Waals surface area contributed by atoms with E-state index < -0.39 is 0 Å². The quantitative estimate of drug-likeness (QED) is 0.0501. The Kier molecular flexibility index (Phi) is 11.6. The summed E-state index contributed by atoms with van der Waals surface area (Å²) >= 11 is 6.95. The van der Waals surface area contributed by atoms with Crippen molar-refractivity contribution in [2.75, 3.05) is 23.1 Å². The molecular weight excluding hydrogens is 590 g/mol. The Labute approximate surface area is 277 Å². The van der Waals surface area contributed by atoms with Gasteiger partial charge in [-0.25, -0.2) is 5.01 Å². The van der Waals surface area contributed by atoms with E-state index in [1.165, 1.54) is 5.56 Å². The van der Waals surface area contributed by atoms with Crippen molar-refractivity contribution < 1.29 is 9.47 Å². The first-order chi connectivity index (χ1) is 22.6. The first-order valence-electron chi connectivity index (χ1n) is 15.2. The van der Waals surface area contributed by atoms with Gasteiger partial charge in [-0.1, -0.05) is 83.9 Å². The second kappa shape index (κ2) is 16.4. The number of hydrogen-bond donors (Lipinski definition) is 0. The molecule has 0 spiro atoms. The van der Waals surface area contributed by atoms with E-state index in [2.05, 4.69) is 104 Å². The van der Waals surface area contributed by atoms with Crippen molar-refractivity contribution in [1.29, 1.82) is 0 Å².